The SMILES string of the molecule is CC(NC(=O)CN(C)C1CCNCC1)c1cccs1. The molecule has 0 aromatic carbocycles. The molecule has 1 aliphatic heterocycles. The molecule has 2 heterocycles. The third kappa shape index (κ3) is 4.30. The molecule has 2 rings (SSSR count). The monoisotopic (exact) mass is 281 g/mol. The lowest BCUT2D eigenvalue weighted by Crippen LogP contribution is -2.45. The Morgan fingerprint density at radius 3 is 2.95 bits per heavy atom. The first-order chi connectivity index (χ1) is 9.16. The maximum absolute atomic E-state index is 12.0. The Balaban J connectivity index is 1.77. The molecule has 0 spiro atoms. The lowest BCUT2D eigenvalue weighted by molar-refractivity contribution is -0.123. The summed E-state index contributed by atoms with van der Waals surface area (Å²) in [5.41, 5.74) is 0. The molecule has 0 aliphatic carbocycles. The summed E-state index contributed by atoms with van der Waals surface area (Å²) in [6.45, 7) is 4.64. The van der Waals surface area contributed by atoms with Gasteiger partial charge in [0.2, 0.25) is 5.91 Å². The summed E-state index contributed by atoms with van der Waals surface area (Å²) in [6.07, 6.45) is 2.26. The molecule has 1 amide bonds. The van der Waals surface area contributed by atoms with Crippen LogP contribution in [0.3, 0.4) is 0 Å². The van der Waals surface area contributed by atoms with Gasteiger partial charge in [-0.1, -0.05) is 6.07 Å². The molecule has 19 heavy (non-hydrogen) atoms. The van der Waals surface area contributed by atoms with E-state index in [0.717, 1.165) is 25.9 Å². The largest absolute Gasteiger partial charge is 0.348 e. The van der Waals surface area contributed by atoms with Gasteiger partial charge in [-0.25, -0.2) is 0 Å². The fourth-order valence-electron chi connectivity index (χ4n) is 2.50. The van der Waals surface area contributed by atoms with Crippen LogP contribution in [0.5, 0.6) is 0 Å². The Bertz CT molecular complexity index is 387. The number of hydrogen-bond donors (Lipinski definition) is 2. The first-order valence-electron chi connectivity index (χ1n) is 6.90. The second kappa shape index (κ2) is 7.03. The first kappa shape index (κ1) is 14.5. The molecular formula is C14H23N3OS. The van der Waals surface area contributed by atoms with E-state index in [0.29, 0.717) is 12.6 Å². The Labute approximate surface area is 119 Å². The van der Waals surface area contributed by atoms with E-state index in [1.807, 2.05) is 25.4 Å². The van der Waals surface area contributed by atoms with Gasteiger partial charge in [0.05, 0.1) is 12.6 Å². The van der Waals surface area contributed by atoms with Crippen molar-refractivity contribution in [2.75, 3.05) is 26.7 Å². The van der Waals surface area contributed by atoms with Crippen LogP contribution in [-0.2, 0) is 4.79 Å². The predicted octanol–water partition coefficient (Wildman–Crippen LogP) is 1.61. The second-order valence-corrected chi connectivity index (χ2v) is 6.18. The van der Waals surface area contributed by atoms with Gasteiger partial charge in [0.15, 0.2) is 0 Å². The van der Waals surface area contributed by atoms with Gasteiger partial charge in [-0.05, 0) is 51.3 Å². The molecule has 2 N–H and O–H groups in total. The number of rotatable bonds is 5. The molecule has 5 heteroatoms. The second-order valence-electron chi connectivity index (χ2n) is 5.20. The maximum Gasteiger partial charge on any atom is 0.234 e. The van der Waals surface area contributed by atoms with E-state index in [2.05, 4.69) is 21.6 Å². The van der Waals surface area contributed by atoms with Gasteiger partial charge in [0, 0.05) is 10.9 Å². The summed E-state index contributed by atoms with van der Waals surface area (Å²) >= 11 is 1.68. The number of hydrogen-bond acceptors (Lipinski definition) is 4. The van der Waals surface area contributed by atoms with Crippen LogP contribution < -0.4 is 10.6 Å². The van der Waals surface area contributed by atoms with Gasteiger partial charge in [-0.15, -0.1) is 11.3 Å². The van der Waals surface area contributed by atoms with Gasteiger partial charge in [-0.3, -0.25) is 9.69 Å². The van der Waals surface area contributed by atoms with E-state index in [1.54, 1.807) is 11.3 Å². The molecule has 4 nitrogen and oxygen atoms in total. The van der Waals surface area contributed by atoms with Gasteiger partial charge < -0.3 is 10.6 Å². The van der Waals surface area contributed by atoms with Crippen LogP contribution in [0.15, 0.2) is 17.5 Å². The van der Waals surface area contributed by atoms with Crippen molar-refractivity contribution >= 4 is 17.2 Å². The molecule has 106 valence electrons. The molecule has 1 aromatic heterocycles. The van der Waals surface area contributed by atoms with Crippen LogP contribution in [0, 0.1) is 0 Å². The molecule has 1 atom stereocenters. The summed E-state index contributed by atoms with van der Waals surface area (Å²) in [5.74, 6) is 0.113. The van der Waals surface area contributed by atoms with Crippen molar-refractivity contribution in [3.05, 3.63) is 22.4 Å². The van der Waals surface area contributed by atoms with Crippen molar-refractivity contribution in [1.29, 1.82) is 0 Å². The average Bonchev–Trinajstić information content (AvgIpc) is 2.93. The quantitative estimate of drug-likeness (QED) is 0.862. The summed E-state index contributed by atoms with van der Waals surface area (Å²) < 4.78 is 0. The van der Waals surface area contributed by atoms with Gasteiger partial charge in [0.1, 0.15) is 0 Å². The lowest BCUT2D eigenvalue weighted by Gasteiger charge is -2.31. The Hall–Kier alpha value is -0.910. The molecule has 0 radical (unpaired) electrons. The highest BCUT2D eigenvalue weighted by Gasteiger charge is 2.20. The number of carbonyl (C=O) groups excluding carboxylic acids is 1. The van der Waals surface area contributed by atoms with Crippen molar-refractivity contribution in [2.45, 2.75) is 31.8 Å². The fraction of sp³-hybridized carbons (Fsp3) is 0.643. The average molecular weight is 281 g/mol. The minimum Gasteiger partial charge on any atom is -0.348 e. The number of thiophene rings is 1. The first-order valence-corrected chi connectivity index (χ1v) is 7.78. The summed E-state index contributed by atoms with van der Waals surface area (Å²) in [4.78, 5) is 15.4. The van der Waals surface area contributed by atoms with E-state index in [-0.39, 0.29) is 11.9 Å². The highest BCUT2D eigenvalue weighted by atomic mass is 32.1. The number of amides is 1. The number of piperidine rings is 1. The molecule has 1 saturated heterocycles. The number of likely N-dealkylation sites (N-methyl/N-ethyl adjacent to an activating group) is 1. The van der Waals surface area contributed by atoms with E-state index < -0.39 is 0 Å². The van der Waals surface area contributed by atoms with E-state index >= 15 is 0 Å². The molecule has 1 unspecified atom stereocenters. The highest BCUT2D eigenvalue weighted by Crippen LogP contribution is 2.18. The van der Waals surface area contributed by atoms with Crippen molar-refractivity contribution in [3.8, 4) is 0 Å². The van der Waals surface area contributed by atoms with Crippen LogP contribution in [0.2, 0.25) is 0 Å². The van der Waals surface area contributed by atoms with Crippen LogP contribution >= 0.6 is 11.3 Å². The van der Waals surface area contributed by atoms with Crippen molar-refractivity contribution in [2.24, 2.45) is 0 Å². The highest BCUT2D eigenvalue weighted by molar-refractivity contribution is 7.10. The van der Waals surface area contributed by atoms with Crippen LogP contribution in [0.25, 0.3) is 0 Å². The van der Waals surface area contributed by atoms with E-state index in [4.69, 9.17) is 0 Å². The zero-order chi connectivity index (χ0) is 13.7. The molecule has 1 fully saturated rings. The molecule has 0 bridgehead atoms. The predicted molar refractivity (Wildman–Crippen MR) is 79.4 cm³/mol. The summed E-state index contributed by atoms with van der Waals surface area (Å²) in [7, 11) is 2.05. The standard InChI is InChI=1S/C14H23N3OS/c1-11(13-4-3-9-19-13)16-14(18)10-17(2)12-5-7-15-8-6-12/h3-4,9,11-12,15H,5-8,10H2,1-2H3,(H,16,18). The Morgan fingerprint density at radius 2 is 2.32 bits per heavy atom. The van der Waals surface area contributed by atoms with Gasteiger partial charge in [0.25, 0.3) is 0 Å². The molecule has 1 aromatic rings. The third-order valence-corrected chi connectivity index (χ3v) is 4.73. The number of nitrogens with zero attached hydrogens (tertiary/aromatic N) is 1. The number of carbonyl (C=O) groups is 1. The van der Waals surface area contributed by atoms with Gasteiger partial charge in [-0.2, -0.15) is 0 Å². The van der Waals surface area contributed by atoms with E-state index in [1.165, 1.54) is 4.88 Å². The van der Waals surface area contributed by atoms with Crippen LogP contribution in [0.1, 0.15) is 30.7 Å². The van der Waals surface area contributed by atoms with E-state index in [9.17, 15) is 4.79 Å². The third-order valence-electron chi connectivity index (χ3n) is 3.67. The topological polar surface area (TPSA) is 44.4 Å². The normalized spacial score (nSPS) is 18.5. The molecule has 0 saturated carbocycles. The Kier molecular flexibility index (Phi) is 5.36. The number of nitrogens with one attached hydrogen (secondary N) is 2. The lowest BCUT2D eigenvalue weighted by atomic mass is 10.1. The van der Waals surface area contributed by atoms with Crippen molar-refractivity contribution in [1.82, 2.24) is 15.5 Å². The Morgan fingerprint density at radius 1 is 1.58 bits per heavy atom. The minimum atomic E-state index is 0.105. The van der Waals surface area contributed by atoms with Crippen molar-refractivity contribution < 1.29 is 4.79 Å². The van der Waals surface area contributed by atoms with Gasteiger partial charge >= 0.3 is 0 Å². The van der Waals surface area contributed by atoms with Crippen molar-refractivity contribution in [3.63, 3.8) is 0 Å². The maximum atomic E-state index is 12.0. The molecule has 1 aliphatic rings. The summed E-state index contributed by atoms with van der Waals surface area (Å²) in [5, 5.41) is 8.46. The fourth-order valence-corrected chi connectivity index (χ4v) is 3.23. The molecular weight excluding hydrogens is 258 g/mol. The zero-order valence-electron chi connectivity index (χ0n) is 11.7. The van der Waals surface area contributed by atoms with Crippen LogP contribution in [0.4, 0.5) is 0 Å². The smallest absolute Gasteiger partial charge is 0.234 e. The minimum absolute atomic E-state index is 0.105. The zero-order valence-corrected chi connectivity index (χ0v) is 12.5. The van der Waals surface area contributed by atoms with Crippen LogP contribution in [-0.4, -0.2) is 43.5 Å². The summed E-state index contributed by atoms with van der Waals surface area (Å²) in [6, 6.07) is 4.72.